The Balaban J connectivity index is 1.80. The van der Waals surface area contributed by atoms with Crippen LogP contribution in [-0.4, -0.2) is 35.7 Å². The molecule has 0 aromatic heterocycles. The molecular formula is C23H21Cl2NO5. The lowest BCUT2D eigenvalue weighted by Crippen LogP contribution is -2.49. The molecule has 0 radical (unpaired) electrons. The van der Waals surface area contributed by atoms with Gasteiger partial charge in [0.2, 0.25) is 0 Å². The average Bonchev–Trinajstić information content (AvgIpc) is 2.73. The van der Waals surface area contributed by atoms with Crippen molar-refractivity contribution in [2.75, 3.05) is 13.2 Å². The van der Waals surface area contributed by atoms with Crippen LogP contribution in [0.15, 0.2) is 54.6 Å². The number of nitrogens with one attached hydrogen (secondary N) is 1. The third-order valence-corrected chi connectivity index (χ3v) is 5.31. The maximum atomic E-state index is 12.8. The van der Waals surface area contributed by atoms with Gasteiger partial charge >= 0.3 is 5.97 Å². The van der Waals surface area contributed by atoms with E-state index in [9.17, 15) is 14.7 Å². The van der Waals surface area contributed by atoms with E-state index in [1.54, 1.807) is 30.3 Å². The zero-order valence-electron chi connectivity index (χ0n) is 16.9. The number of aliphatic carboxylic acids is 1. The van der Waals surface area contributed by atoms with Crippen molar-refractivity contribution in [2.24, 2.45) is 0 Å². The molecule has 3 aromatic carbocycles. The molecule has 3 aromatic rings. The Bertz CT molecular complexity index is 1130. The molecule has 6 nitrogen and oxygen atoms in total. The summed E-state index contributed by atoms with van der Waals surface area (Å²) in [5.74, 6) is -0.788. The molecule has 162 valence electrons. The van der Waals surface area contributed by atoms with E-state index < -0.39 is 17.4 Å². The molecule has 0 unspecified atom stereocenters. The van der Waals surface area contributed by atoms with Crippen LogP contribution < -0.4 is 14.8 Å². The number of carboxylic acids is 1. The Kier molecular flexibility index (Phi) is 6.93. The van der Waals surface area contributed by atoms with Crippen molar-refractivity contribution in [1.29, 1.82) is 0 Å². The molecule has 0 saturated carbocycles. The van der Waals surface area contributed by atoms with Gasteiger partial charge in [-0.2, -0.15) is 0 Å². The van der Waals surface area contributed by atoms with Crippen LogP contribution in [0.4, 0.5) is 0 Å². The number of ether oxygens (including phenoxy) is 2. The number of amides is 1. The van der Waals surface area contributed by atoms with Crippen molar-refractivity contribution in [1.82, 2.24) is 5.32 Å². The largest absolute Gasteiger partial charge is 0.490 e. The van der Waals surface area contributed by atoms with E-state index in [2.05, 4.69) is 5.32 Å². The summed E-state index contributed by atoms with van der Waals surface area (Å²) >= 11 is 11.9. The minimum Gasteiger partial charge on any atom is -0.490 e. The van der Waals surface area contributed by atoms with Crippen molar-refractivity contribution in [3.8, 4) is 11.5 Å². The fourth-order valence-corrected chi connectivity index (χ4v) is 3.14. The second-order valence-electron chi connectivity index (χ2n) is 7.32. The first-order valence-electron chi connectivity index (χ1n) is 9.47. The maximum Gasteiger partial charge on any atom is 0.328 e. The summed E-state index contributed by atoms with van der Waals surface area (Å²) in [5, 5.41) is 14.3. The molecule has 0 spiro atoms. The van der Waals surface area contributed by atoms with Gasteiger partial charge in [-0.1, -0.05) is 53.5 Å². The minimum atomic E-state index is -1.43. The van der Waals surface area contributed by atoms with Gasteiger partial charge in [-0.15, -0.1) is 0 Å². The molecule has 0 saturated heterocycles. The van der Waals surface area contributed by atoms with Crippen molar-refractivity contribution < 1.29 is 24.2 Å². The number of rotatable bonds is 8. The zero-order chi connectivity index (χ0) is 22.6. The molecule has 1 amide bonds. The monoisotopic (exact) mass is 461 g/mol. The Morgan fingerprint density at radius 1 is 0.968 bits per heavy atom. The van der Waals surface area contributed by atoms with Crippen molar-refractivity contribution >= 4 is 45.9 Å². The molecule has 8 heteroatoms. The molecule has 31 heavy (non-hydrogen) atoms. The van der Waals surface area contributed by atoms with Gasteiger partial charge in [0.25, 0.3) is 5.91 Å². The molecule has 0 fully saturated rings. The molecule has 0 atom stereocenters. The quantitative estimate of drug-likeness (QED) is 0.450. The fraction of sp³-hybridized carbons (Fsp3) is 0.217. The predicted molar refractivity (Wildman–Crippen MR) is 121 cm³/mol. The molecule has 0 aliphatic heterocycles. The summed E-state index contributed by atoms with van der Waals surface area (Å²) in [7, 11) is 0. The van der Waals surface area contributed by atoms with Gasteiger partial charge in [0.05, 0.1) is 15.6 Å². The topological polar surface area (TPSA) is 84.9 Å². The van der Waals surface area contributed by atoms with Gasteiger partial charge < -0.3 is 19.9 Å². The number of hydrogen-bond donors (Lipinski definition) is 2. The van der Waals surface area contributed by atoms with Crippen molar-refractivity contribution in [3.05, 3.63) is 70.2 Å². The molecule has 0 aliphatic rings. The van der Waals surface area contributed by atoms with Crippen LogP contribution in [0.2, 0.25) is 10.0 Å². The molecule has 0 aliphatic carbocycles. The highest BCUT2D eigenvalue weighted by Crippen LogP contribution is 2.31. The van der Waals surface area contributed by atoms with E-state index in [1.165, 1.54) is 13.8 Å². The standard InChI is InChI=1S/C23H21Cl2NO5/c1-23(2,22(28)29)26-21(27)17-9-7-14-5-3-4-6-16(14)20(17)31-12-11-30-15-8-10-18(24)19(25)13-15/h3-10,13H,11-12H2,1-2H3,(H,26,27)(H,28,29). The first kappa shape index (κ1) is 22.7. The van der Waals surface area contributed by atoms with Gasteiger partial charge in [0, 0.05) is 11.5 Å². The van der Waals surface area contributed by atoms with Gasteiger partial charge in [0.1, 0.15) is 30.3 Å². The summed E-state index contributed by atoms with van der Waals surface area (Å²) in [5.41, 5.74) is -1.20. The van der Waals surface area contributed by atoms with Crippen molar-refractivity contribution in [3.63, 3.8) is 0 Å². The first-order valence-corrected chi connectivity index (χ1v) is 10.2. The fourth-order valence-electron chi connectivity index (χ4n) is 2.85. The van der Waals surface area contributed by atoms with Crippen molar-refractivity contribution in [2.45, 2.75) is 19.4 Å². The van der Waals surface area contributed by atoms with Crippen LogP contribution in [-0.2, 0) is 4.79 Å². The van der Waals surface area contributed by atoms with Crippen LogP contribution in [0, 0.1) is 0 Å². The van der Waals surface area contributed by atoms with Crippen LogP contribution >= 0.6 is 23.2 Å². The second kappa shape index (κ2) is 9.45. The van der Waals surface area contributed by atoms with Crippen LogP contribution in [0.5, 0.6) is 11.5 Å². The number of fused-ring (bicyclic) bond motifs is 1. The third-order valence-electron chi connectivity index (χ3n) is 4.57. The molecule has 3 rings (SSSR count). The summed E-state index contributed by atoms with van der Waals surface area (Å²) in [4.78, 5) is 24.2. The molecule has 2 N–H and O–H groups in total. The van der Waals surface area contributed by atoms with E-state index in [4.69, 9.17) is 32.7 Å². The van der Waals surface area contributed by atoms with E-state index in [1.807, 2.05) is 24.3 Å². The first-order chi connectivity index (χ1) is 14.7. The lowest BCUT2D eigenvalue weighted by molar-refractivity contribution is -0.143. The highest BCUT2D eigenvalue weighted by molar-refractivity contribution is 6.42. The highest BCUT2D eigenvalue weighted by atomic mass is 35.5. The van der Waals surface area contributed by atoms with Gasteiger partial charge in [-0.3, -0.25) is 4.79 Å². The van der Waals surface area contributed by atoms with E-state index >= 15 is 0 Å². The number of carboxylic acid groups (broad SMARTS) is 1. The Morgan fingerprint density at radius 2 is 1.68 bits per heavy atom. The second-order valence-corrected chi connectivity index (χ2v) is 8.13. The predicted octanol–water partition coefficient (Wildman–Crippen LogP) is 5.20. The number of carbonyl (C=O) groups is 2. The third kappa shape index (κ3) is 5.40. The number of carbonyl (C=O) groups excluding carboxylic acids is 1. The summed E-state index contributed by atoms with van der Waals surface area (Å²) in [6.07, 6.45) is 0. The van der Waals surface area contributed by atoms with E-state index in [-0.39, 0.29) is 18.8 Å². The number of hydrogen-bond acceptors (Lipinski definition) is 4. The normalized spacial score (nSPS) is 11.2. The lowest BCUT2D eigenvalue weighted by Gasteiger charge is -2.22. The Morgan fingerprint density at radius 3 is 2.39 bits per heavy atom. The molecule has 0 heterocycles. The number of benzene rings is 3. The average molecular weight is 462 g/mol. The van der Waals surface area contributed by atoms with Gasteiger partial charge in [0.15, 0.2) is 0 Å². The smallest absolute Gasteiger partial charge is 0.328 e. The summed E-state index contributed by atoms with van der Waals surface area (Å²) in [6, 6.07) is 15.8. The van der Waals surface area contributed by atoms with Gasteiger partial charge in [-0.25, -0.2) is 4.79 Å². The highest BCUT2D eigenvalue weighted by Gasteiger charge is 2.30. The van der Waals surface area contributed by atoms with Crippen LogP contribution in [0.25, 0.3) is 10.8 Å². The zero-order valence-corrected chi connectivity index (χ0v) is 18.5. The van der Waals surface area contributed by atoms with Crippen LogP contribution in [0.1, 0.15) is 24.2 Å². The van der Waals surface area contributed by atoms with E-state index in [0.29, 0.717) is 21.5 Å². The Hall–Kier alpha value is -2.96. The SMILES string of the molecule is CC(C)(NC(=O)c1ccc2ccccc2c1OCCOc1ccc(Cl)c(Cl)c1)C(=O)O. The van der Waals surface area contributed by atoms with Gasteiger partial charge in [-0.05, 0) is 37.4 Å². The number of halogens is 2. The lowest BCUT2D eigenvalue weighted by atomic mass is 10.0. The summed E-state index contributed by atoms with van der Waals surface area (Å²) < 4.78 is 11.6. The molecular weight excluding hydrogens is 441 g/mol. The molecule has 0 bridgehead atoms. The summed E-state index contributed by atoms with van der Waals surface area (Å²) in [6.45, 7) is 3.18. The maximum absolute atomic E-state index is 12.8. The Labute approximate surface area is 189 Å². The van der Waals surface area contributed by atoms with Crippen LogP contribution in [0.3, 0.4) is 0 Å². The van der Waals surface area contributed by atoms with E-state index in [0.717, 1.165) is 10.8 Å². The minimum absolute atomic E-state index is 0.150.